The number of carbonyl (C=O) groups is 3. The van der Waals surface area contributed by atoms with Crippen LogP contribution in [0.5, 0.6) is 0 Å². The van der Waals surface area contributed by atoms with Gasteiger partial charge in [0, 0.05) is 25.0 Å². The lowest BCUT2D eigenvalue weighted by Crippen LogP contribution is -2.37. The Hall–Kier alpha value is -3.42. The number of benzene rings is 1. The first kappa shape index (κ1) is 20.3. The van der Waals surface area contributed by atoms with E-state index in [0.717, 1.165) is 37.1 Å². The molecule has 0 aliphatic carbocycles. The summed E-state index contributed by atoms with van der Waals surface area (Å²) in [5, 5.41) is 4.73. The van der Waals surface area contributed by atoms with Crippen molar-refractivity contribution in [2.24, 2.45) is 0 Å². The number of aryl methyl sites for hydroxylation is 2. The third kappa shape index (κ3) is 5.31. The summed E-state index contributed by atoms with van der Waals surface area (Å²) >= 11 is 0. The molecule has 1 fully saturated rings. The molecule has 3 amide bonds. The Labute approximate surface area is 169 Å². The third-order valence-electron chi connectivity index (χ3n) is 4.76. The van der Waals surface area contributed by atoms with E-state index in [1.807, 2.05) is 30.9 Å². The molecule has 1 aliphatic rings. The number of carbonyl (C=O) groups excluding carboxylic acids is 3. The molecule has 29 heavy (non-hydrogen) atoms. The summed E-state index contributed by atoms with van der Waals surface area (Å²) in [5.41, 5.74) is 3.00. The van der Waals surface area contributed by atoms with E-state index in [9.17, 15) is 14.4 Å². The van der Waals surface area contributed by atoms with Gasteiger partial charge in [0.25, 0.3) is 5.91 Å². The Bertz CT molecular complexity index is 923. The van der Waals surface area contributed by atoms with Gasteiger partial charge in [0.05, 0.1) is 0 Å². The smallest absolute Gasteiger partial charge is 0.342 e. The Balaban J connectivity index is 1.52. The van der Waals surface area contributed by atoms with Gasteiger partial charge in [0.1, 0.15) is 11.4 Å². The molecule has 0 atom stereocenters. The molecule has 0 unspecified atom stereocenters. The number of rotatable bonds is 5. The summed E-state index contributed by atoms with van der Waals surface area (Å²) in [6.45, 7) is 4.99. The van der Waals surface area contributed by atoms with Crippen LogP contribution in [0.2, 0.25) is 0 Å². The third-order valence-corrected chi connectivity index (χ3v) is 4.76. The van der Waals surface area contributed by atoms with Gasteiger partial charge in [-0.1, -0.05) is 6.07 Å². The fraction of sp³-hybridized carbons (Fsp3) is 0.333. The van der Waals surface area contributed by atoms with E-state index in [-0.39, 0.29) is 0 Å². The Morgan fingerprint density at radius 2 is 1.86 bits per heavy atom. The van der Waals surface area contributed by atoms with Crippen molar-refractivity contribution in [1.29, 1.82) is 0 Å². The second-order valence-corrected chi connectivity index (χ2v) is 6.95. The van der Waals surface area contributed by atoms with Gasteiger partial charge in [-0.25, -0.2) is 14.6 Å². The van der Waals surface area contributed by atoms with E-state index >= 15 is 0 Å². The minimum atomic E-state index is -0.716. The topological polar surface area (TPSA) is 101 Å². The first-order chi connectivity index (χ1) is 13.9. The molecule has 0 bridgehead atoms. The molecule has 1 saturated heterocycles. The highest BCUT2D eigenvalue weighted by atomic mass is 16.5. The lowest BCUT2D eigenvalue weighted by atomic mass is 10.1. The van der Waals surface area contributed by atoms with Crippen LogP contribution in [0.1, 0.15) is 34.3 Å². The average molecular weight is 396 g/mol. The van der Waals surface area contributed by atoms with Crippen LogP contribution in [-0.4, -0.2) is 42.6 Å². The van der Waals surface area contributed by atoms with Gasteiger partial charge < -0.3 is 15.0 Å². The van der Waals surface area contributed by atoms with Crippen LogP contribution < -0.4 is 15.5 Å². The minimum Gasteiger partial charge on any atom is -0.452 e. The first-order valence-corrected chi connectivity index (χ1v) is 9.49. The normalized spacial score (nSPS) is 13.1. The van der Waals surface area contributed by atoms with Crippen molar-refractivity contribution in [2.75, 3.05) is 29.9 Å². The molecule has 2 aromatic rings. The zero-order valence-corrected chi connectivity index (χ0v) is 16.5. The zero-order valence-electron chi connectivity index (χ0n) is 16.5. The van der Waals surface area contributed by atoms with E-state index in [4.69, 9.17) is 4.74 Å². The molecule has 0 spiro atoms. The summed E-state index contributed by atoms with van der Waals surface area (Å²) < 4.78 is 5.08. The quantitative estimate of drug-likeness (QED) is 0.754. The van der Waals surface area contributed by atoms with E-state index in [0.29, 0.717) is 17.1 Å². The van der Waals surface area contributed by atoms with Crippen LogP contribution in [0, 0.1) is 13.8 Å². The first-order valence-electron chi connectivity index (χ1n) is 9.49. The zero-order chi connectivity index (χ0) is 20.8. The summed E-state index contributed by atoms with van der Waals surface area (Å²) in [5.74, 6) is -0.807. The highest BCUT2D eigenvalue weighted by Gasteiger charge is 2.22. The molecule has 8 heteroatoms. The van der Waals surface area contributed by atoms with Crippen molar-refractivity contribution in [3.8, 4) is 0 Å². The van der Waals surface area contributed by atoms with Gasteiger partial charge in [-0.3, -0.25) is 10.1 Å². The number of nitrogens with zero attached hydrogens (tertiary/aromatic N) is 2. The van der Waals surface area contributed by atoms with E-state index in [2.05, 4.69) is 15.6 Å². The molecule has 0 saturated carbocycles. The maximum Gasteiger partial charge on any atom is 0.342 e. The highest BCUT2D eigenvalue weighted by molar-refractivity contribution is 6.02. The van der Waals surface area contributed by atoms with E-state index in [1.54, 1.807) is 24.4 Å². The second kappa shape index (κ2) is 9.18. The number of amides is 3. The monoisotopic (exact) mass is 396 g/mol. The summed E-state index contributed by atoms with van der Waals surface area (Å²) in [6.07, 6.45) is 3.71. The van der Waals surface area contributed by atoms with Crippen LogP contribution in [-0.2, 0) is 9.53 Å². The van der Waals surface area contributed by atoms with Crippen LogP contribution in [0.4, 0.5) is 16.3 Å². The number of ether oxygens (including phenoxy) is 1. The standard InChI is InChI=1S/C21H24N4O4/c1-14-7-8-16(12-15(14)2)23-21(28)24-18(26)13-29-20(27)17-6-5-9-22-19(17)25-10-3-4-11-25/h5-9,12H,3-4,10-11,13H2,1-2H3,(H2,23,24,26,28). The van der Waals surface area contributed by atoms with Crippen LogP contribution in [0.3, 0.4) is 0 Å². The van der Waals surface area contributed by atoms with Crippen LogP contribution in [0.25, 0.3) is 0 Å². The number of esters is 1. The maximum absolute atomic E-state index is 12.4. The van der Waals surface area contributed by atoms with E-state index < -0.39 is 24.5 Å². The number of nitrogens with one attached hydrogen (secondary N) is 2. The Morgan fingerprint density at radius 3 is 2.59 bits per heavy atom. The molecule has 3 rings (SSSR count). The van der Waals surface area contributed by atoms with Crippen LogP contribution in [0.15, 0.2) is 36.5 Å². The largest absolute Gasteiger partial charge is 0.452 e. The van der Waals surface area contributed by atoms with Crippen molar-refractivity contribution < 1.29 is 19.1 Å². The minimum absolute atomic E-state index is 0.307. The van der Waals surface area contributed by atoms with Gasteiger partial charge in [-0.2, -0.15) is 0 Å². The molecular formula is C21H24N4O4. The molecule has 1 aliphatic heterocycles. The second-order valence-electron chi connectivity index (χ2n) is 6.95. The predicted octanol–water partition coefficient (Wildman–Crippen LogP) is 2.80. The molecular weight excluding hydrogens is 372 g/mol. The lowest BCUT2D eigenvalue weighted by Gasteiger charge is -2.18. The Morgan fingerprint density at radius 1 is 1.10 bits per heavy atom. The average Bonchev–Trinajstić information content (AvgIpc) is 3.23. The Kier molecular flexibility index (Phi) is 6.43. The molecule has 2 heterocycles. The van der Waals surface area contributed by atoms with Crippen molar-refractivity contribution in [3.05, 3.63) is 53.2 Å². The SMILES string of the molecule is Cc1ccc(NC(=O)NC(=O)COC(=O)c2cccnc2N2CCCC2)cc1C. The van der Waals surface area contributed by atoms with Gasteiger partial charge in [-0.15, -0.1) is 0 Å². The van der Waals surface area contributed by atoms with Crippen molar-refractivity contribution in [3.63, 3.8) is 0 Å². The van der Waals surface area contributed by atoms with Gasteiger partial charge in [0.15, 0.2) is 6.61 Å². The van der Waals surface area contributed by atoms with Gasteiger partial charge >= 0.3 is 12.0 Å². The molecule has 2 N–H and O–H groups in total. The summed E-state index contributed by atoms with van der Waals surface area (Å²) in [6, 6.07) is 8.01. The van der Waals surface area contributed by atoms with Crippen molar-refractivity contribution in [1.82, 2.24) is 10.3 Å². The van der Waals surface area contributed by atoms with Crippen molar-refractivity contribution >= 4 is 29.4 Å². The number of aromatic nitrogens is 1. The number of hydrogen-bond donors (Lipinski definition) is 2. The predicted molar refractivity (Wildman–Crippen MR) is 109 cm³/mol. The lowest BCUT2D eigenvalue weighted by molar-refractivity contribution is -0.123. The molecule has 1 aromatic carbocycles. The highest BCUT2D eigenvalue weighted by Crippen LogP contribution is 2.22. The number of urea groups is 1. The summed E-state index contributed by atoms with van der Waals surface area (Å²) in [7, 11) is 0. The van der Waals surface area contributed by atoms with Crippen LogP contribution >= 0.6 is 0 Å². The molecule has 0 radical (unpaired) electrons. The number of imide groups is 1. The van der Waals surface area contributed by atoms with Crippen molar-refractivity contribution in [2.45, 2.75) is 26.7 Å². The fourth-order valence-electron chi connectivity index (χ4n) is 3.09. The fourth-order valence-corrected chi connectivity index (χ4v) is 3.09. The molecule has 152 valence electrons. The molecule has 1 aromatic heterocycles. The van der Waals surface area contributed by atoms with Gasteiger partial charge in [0.2, 0.25) is 0 Å². The number of hydrogen-bond acceptors (Lipinski definition) is 6. The number of anilines is 2. The number of pyridine rings is 1. The van der Waals surface area contributed by atoms with E-state index in [1.165, 1.54) is 0 Å². The molecule has 8 nitrogen and oxygen atoms in total. The van der Waals surface area contributed by atoms with Gasteiger partial charge in [-0.05, 0) is 62.1 Å². The summed E-state index contributed by atoms with van der Waals surface area (Å²) in [4.78, 5) is 42.6. The maximum atomic E-state index is 12.4.